The van der Waals surface area contributed by atoms with Gasteiger partial charge >= 0.3 is 0 Å². The Labute approximate surface area is 273 Å². The quantitative estimate of drug-likeness (QED) is 0.181. The van der Waals surface area contributed by atoms with Crippen molar-refractivity contribution in [3.05, 3.63) is 125 Å². The second kappa shape index (κ2) is 15.6. The Morgan fingerprint density at radius 1 is 0.870 bits per heavy atom. The van der Waals surface area contributed by atoms with E-state index in [-0.39, 0.29) is 35.5 Å². The number of benzene rings is 4. The van der Waals surface area contributed by atoms with Gasteiger partial charge in [-0.15, -0.1) is 0 Å². The van der Waals surface area contributed by atoms with Crippen LogP contribution in [0.25, 0.3) is 0 Å². The third-order valence-corrected chi connectivity index (χ3v) is 9.86. The first-order valence-corrected chi connectivity index (χ1v) is 16.9. The second-order valence-corrected chi connectivity index (χ2v) is 13.3. The summed E-state index contributed by atoms with van der Waals surface area (Å²) in [4.78, 5) is 30.2. The molecule has 4 rings (SSSR count). The number of ether oxygens (including phenoxy) is 1. The van der Waals surface area contributed by atoms with Crippen LogP contribution in [0.4, 0.5) is 5.69 Å². The van der Waals surface area contributed by atoms with Crippen LogP contribution >= 0.6 is 0 Å². The van der Waals surface area contributed by atoms with Crippen molar-refractivity contribution in [3.8, 4) is 5.75 Å². The highest BCUT2D eigenvalue weighted by atomic mass is 32.2. The number of carbonyl (C=O) groups is 2. The molecule has 0 aromatic heterocycles. The standard InChI is InChI=1S/C37H43N3O5S/c1-6-29(4)38-37(42)34(24-30-16-9-7-10-17-30)39(25-31-18-14-13-15-28(31)3)36(41)26-40(33-23-27(2)21-22-35(33)45-5)46(43,44)32-19-11-8-12-20-32/h7-23,29,34H,6,24-26H2,1-5H3,(H,38,42). The van der Waals surface area contributed by atoms with Crippen LogP contribution in [0, 0.1) is 13.8 Å². The van der Waals surface area contributed by atoms with Crippen LogP contribution in [0.1, 0.15) is 42.5 Å². The lowest BCUT2D eigenvalue weighted by atomic mass is 10.0. The van der Waals surface area contributed by atoms with Crippen molar-refractivity contribution >= 4 is 27.5 Å². The number of hydrogen-bond donors (Lipinski definition) is 1. The van der Waals surface area contributed by atoms with Crippen LogP contribution in [0.3, 0.4) is 0 Å². The first-order chi connectivity index (χ1) is 22.0. The summed E-state index contributed by atoms with van der Waals surface area (Å²) in [5, 5.41) is 3.07. The molecule has 0 spiro atoms. The fourth-order valence-electron chi connectivity index (χ4n) is 5.19. The number of rotatable bonds is 14. The lowest BCUT2D eigenvalue weighted by Gasteiger charge is -2.35. The summed E-state index contributed by atoms with van der Waals surface area (Å²) in [6, 6.07) is 29.4. The molecule has 4 aromatic carbocycles. The summed E-state index contributed by atoms with van der Waals surface area (Å²) in [6.07, 6.45) is 0.964. The average molecular weight is 642 g/mol. The van der Waals surface area contributed by atoms with Gasteiger partial charge in [-0.1, -0.05) is 85.8 Å². The van der Waals surface area contributed by atoms with E-state index >= 15 is 0 Å². The minimum atomic E-state index is -4.24. The van der Waals surface area contributed by atoms with E-state index in [2.05, 4.69) is 5.32 Å². The molecule has 8 nitrogen and oxygen atoms in total. The molecule has 242 valence electrons. The first kappa shape index (κ1) is 34.2. The number of methoxy groups -OCH3 is 1. The molecule has 0 bridgehead atoms. The Bertz CT molecular complexity index is 1730. The maximum absolute atomic E-state index is 14.7. The molecular formula is C37H43N3O5S. The summed E-state index contributed by atoms with van der Waals surface area (Å²) in [5.74, 6) is -0.518. The van der Waals surface area contributed by atoms with Gasteiger partial charge in [-0.05, 0) is 73.7 Å². The van der Waals surface area contributed by atoms with Gasteiger partial charge in [0.15, 0.2) is 0 Å². The van der Waals surface area contributed by atoms with Crippen LogP contribution in [0.5, 0.6) is 5.75 Å². The summed E-state index contributed by atoms with van der Waals surface area (Å²) >= 11 is 0. The van der Waals surface area contributed by atoms with Crippen molar-refractivity contribution in [2.75, 3.05) is 18.0 Å². The normalized spacial score (nSPS) is 12.5. The molecule has 0 heterocycles. The molecule has 4 aromatic rings. The number of nitrogens with one attached hydrogen (secondary N) is 1. The zero-order valence-electron chi connectivity index (χ0n) is 27.1. The van der Waals surface area contributed by atoms with Gasteiger partial charge in [0.2, 0.25) is 11.8 Å². The van der Waals surface area contributed by atoms with E-state index in [1.165, 1.54) is 24.1 Å². The summed E-state index contributed by atoms with van der Waals surface area (Å²) in [5.41, 5.74) is 3.72. The SMILES string of the molecule is CCC(C)NC(=O)C(Cc1ccccc1)N(Cc1ccccc1C)C(=O)CN(c1cc(C)ccc1OC)S(=O)(=O)c1ccccc1. The maximum atomic E-state index is 14.7. The first-order valence-electron chi connectivity index (χ1n) is 15.5. The molecule has 0 fully saturated rings. The molecule has 1 N–H and O–H groups in total. The second-order valence-electron chi connectivity index (χ2n) is 11.5. The molecule has 2 unspecified atom stereocenters. The number of anilines is 1. The Balaban J connectivity index is 1.86. The minimum Gasteiger partial charge on any atom is -0.495 e. The highest BCUT2D eigenvalue weighted by molar-refractivity contribution is 7.92. The van der Waals surface area contributed by atoms with E-state index in [1.54, 1.807) is 30.3 Å². The summed E-state index contributed by atoms with van der Waals surface area (Å²) in [6.45, 7) is 7.26. The van der Waals surface area contributed by atoms with Crippen molar-refractivity contribution in [2.45, 2.75) is 64.1 Å². The van der Waals surface area contributed by atoms with Crippen LogP contribution < -0.4 is 14.4 Å². The number of aryl methyl sites for hydroxylation is 2. The van der Waals surface area contributed by atoms with Crippen LogP contribution in [0.15, 0.2) is 108 Å². The third kappa shape index (κ3) is 8.34. The van der Waals surface area contributed by atoms with Gasteiger partial charge in [0.25, 0.3) is 10.0 Å². The molecule has 0 radical (unpaired) electrons. The van der Waals surface area contributed by atoms with Gasteiger partial charge in [0.1, 0.15) is 18.3 Å². The van der Waals surface area contributed by atoms with Gasteiger partial charge in [0, 0.05) is 19.0 Å². The monoisotopic (exact) mass is 641 g/mol. The summed E-state index contributed by atoms with van der Waals surface area (Å²) in [7, 11) is -2.77. The van der Waals surface area contributed by atoms with Gasteiger partial charge in [-0.3, -0.25) is 13.9 Å². The molecular weight excluding hydrogens is 598 g/mol. The van der Waals surface area contributed by atoms with Crippen molar-refractivity contribution in [1.29, 1.82) is 0 Å². The third-order valence-electron chi connectivity index (χ3n) is 8.09. The average Bonchev–Trinajstić information content (AvgIpc) is 3.06. The van der Waals surface area contributed by atoms with E-state index < -0.39 is 28.5 Å². The highest BCUT2D eigenvalue weighted by Crippen LogP contribution is 2.34. The molecule has 0 aliphatic heterocycles. The fraction of sp³-hybridized carbons (Fsp3) is 0.297. The zero-order valence-corrected chi connectivity index (χ0v) is 28.0. The van der Waals surface area contributed by atoms with E-state index in [1.807, 2.05) is 88.4 Å². The largest absolute Gasteiger partial charge is 0.495 e. The van der Waals surface area contributed by atoms with Crippen molar-refractivity contribution in [1.82, 2.24) is 10.2 Å². The number of sulfonamides is 1. The highest BCUT2D eigenvalue weighted by Gasteiger charge is 2.36. The number of amides is 2. The number of nitrogens with zero attached hydrogens (tertiary/aromatic N) is 2. The van der Waals surface area contributed by atoms with Crippen LogP contribution in [-0.2, 0) is 32.6 Å². The summed E-state index contributed by atoms with van der Waals surface area (Å²) < 4.78 is 35.2. The van der Waals surface area contributed by atoms with Gasteiger partial charge < -0.3 is 15.0 Å². The Morgan fingerprint density at radius 2 is 1.50 bits per heavy atom. The molecule has 0 saturated heterocycles. The zero-order chi connectivity index (χ0) is 33.3. The van der Waals surface area contributed by atoms with E-state index in [4.69, 9.17) is 4.74 Å². The predicted octanol–water partition coefficient (Wildman–Crippen LogP) is 6.06. The van der Waals surface area contributed by atoms with Gasteiger partial charge in [-0.25, -0.2) is 8.42 Å². The lowest BCUT2D eigenvalue weighted by Crippen LogP contribution is -2.54. The molecule has 2 atom stereocenters. The Morgan fingerprint density at radius 3 is 2.13 bits per heavy atom. The molecule has 46 heavy (non-hydrogen) atoms. The fourth-order valence-corrected chi connectivity index (χ4v) is 6.63. The van der Waals surface area contributed by atoms with Crippen molar-refractivity contribution in [2.24, 2.45) is 0 Å². The Kier molecular flexibility index (Phi) is 11.6. The Hall–Kier alpha value is -4.63. The minimum absolute atomic E-state index is 0.0344. The maximum Gasteiger partial charge on any atom is 0.264 e. The van der Waals surface area contributed by atoms with Gasteiger partial charge in [-0.2, -0.15) is 0 Å². The predicted molar refractivity (Wildman–Crippen MR) is 182 cm³/mol. The van der Waals surface area contributed by atoms with E-state index in [0.717, 1.165) is 26.6 Å². The molecule has 0 aliphatic carbocycles. The number of hydrogen-bond acceptors (Lipinski definition) is 5. The van der Waals surface area contributed by atoms with Gasteiger partial charge in [0.05, 0.1) is 17.7 Å². The topological polar surface area (TPSA) is 96.0 Å². The lowest BCUT2D eigenvalue weighted by molar-refractivity contribution is -0.140. The van der Waals surface area contributed by atoms with E-state index in [9.17, 15) is 18.0 Å². The van der Waals surface area contributed by atoms with Crippen molar-refractivity contribution in [3.63, 3.8) is 0 Å². The molecule has 9 heteroatoms. The van der Waals surface area contributed by atoms with E-state index in [0.29, 0.717) is 12.2 Å². The molecule has 0 saturated carbocycles. The smallest absolute Gasteiger partial charge is 0.264 e. The molecule has 2 amide bonds. The number of carbonyl (C=O) groups excluding carboxylic acids is 2. The van der Waals surface area contributed by atoms with Crippen molar-refractivity contribution < 1.29 is 22.7 Å². The van der Waals surface area contributed by atoms with Crippen LogP contribution in [0.2, 0.25) is 0 Å². The molecule has 0 aliphatic rings. The van der Waals surface area contributed by atoms with Crippen LogP contribution in [-0.4, -0.2) is 50.9 Å².